The first-order chi connectivity index (χ1) is 15.7. The molecule has 0 radical (unpaired) electrons. The van der Waals surface area contributed by atoms with Gasteiger partial charge in [-0.05, 0) is 42.7 Å². The van der Waals surface area contributed by atoms with E-state index in [0.717, 1.165) is 24.7 Å². The van der Waals surface area contributed by atoms with Crippen molar-refractivity contribution in [2.75, 3.05) is 38.4 Å². The second-order valence-corrected chi connectivity index (χ2v) is 9.98. The molecule has 178 valence electrons. The van der Waals surface area contributed by atoms with Crippen LogP contribution in [0.15, 0.2) is 48.5 Å². The summed E-state index contributed by atoms with van der Waals surface area (Å²) in [6.07, 6.45) is 3.09. The maximum atomic E-state index is 12.6. The molecular formula is C23H29N3O6S. The quantitative estimate of drug-likeness (QED) is 0.543. The van der Waals surface area contributed by atoms with Gasteiger partial charge in [-0.1, -0.05) is 24.3 Å². The number of hydrogen-bond donors (Lipinski definition) is 2. The van der Waals surface area contributed by atoms with E-state index in [9.17, 15) is 18.0 Å². The Morgan fingerprint density at radius 3 is 2.55 bits per heavy atom. The highest BCUT2D eigenvalue weighted by molar-refractivity contribution is 7.88. The van der Waals surface area contributed by atoms with E-state index in [0.29, 0.717) is 30.2 Å². The van der Waals surface area contributed by atoms with Gasteiger partial charge < -0.3 is 20.1 Å². The molecule has 1 saturated heterocycles. The Bertz CT molecular complexity index is 1070. The summed E-state index contributed by atoms with van der Waals surface area (Å²) in [5.41, 5.74) is 1.56. The summed E-state index contributed by atoms with van der Waals surface area (Å²) in [6, 6.07) is 13.6. The van der Waals surface area contributed by atoms with Gasteiger partial charge in [0.25, 0.3) is 11.8 Å². The smallest absolute Gasteiger partial charge is 0.262 e. The van der Waals surface area contributed by atoms with Gasteiger partial charge >= 0.3 is 0 Å². The highest BCUT2D eigenvalue weighted by atomic mass is 32.2. The lowest BCUT2D eigenvalue weighted by Crippen LogP contribution is -2.32. The Kier molecular flexibility index (Phi) is 8.43. The first kappa shape index (κ1) is 24.7. The van der Waals surface area contributed by atoms with Crippen molar-refractivity contribution in [3.05, 3.63) is 59.7 Å². The number of anilines is 1. The molecule has 1 aliphatic heterocycles. The van der Waals surface area contributed by atoms with Crippen molar-refractivity contribution in [1.82, 2.24) is 9.62 Å². The van der Waals surface area contributed by atoms with Crippen molar-refractivity contribution in [1.29, 1.82) is 0 Å². The second kappa shape index (κ2) is 11.3. The van der Waals surface area contributed by atoms with Crippen LogP contribution < -0.4 is 15.4 Å². The fourth-order valence-corrected chi connectivity index (χ4v) is 3.68. The van der Waals surface area contributed by atoms with Crippen LogP contribution in [0, 0.1) is 0 Å². The van der Waals surface area contributed by atoms with Gasteiger partial charge in [-0.2, -0.15) is 0 Å². The molecule has 2 aromatic rings. The predicted octanol–water partition coefficient (Wildman–Crippen LogP) is 2.00. The topological polar surface area (TPSA) is 114 Å². The lowest BCUT2D eigenvalue weighted by Gasteiger charge is -2.15. The van der Waals surface area contributed by atoms with Crippen LogP contribution in [0.5, 0.6) is 5.75 Å². The monoisotopic (exact) mass is 475 g/mol. The van der Waals surface area contributed by atoms with Crippen LogP contribution in [0.25, 0.3) is 0 Å². The Balaban J connectivity index is 1.51. The molecule has 2 N–H and O–H groups in total. The fraction of sp³-hybridized carbons (Fsp3) is 0.391. The Morgan fingerprint density at radius 2 is 1.88 bits per heavy atom. The second-order valence-electron chi connectivity index (χ2n) is 7.89. The molecule has 1 aliphatic rings. The number of benzene rings is 2. The van der Waals surface area contributed by atoms with Gasteiger partial charge in [0, 0.05) is 26.7 Å². The summed E-state index contributed by atoms with van der Waals surface area (Å²) in [5.74, 6) is -0.217. The van der Waals surface area contributed by atoms with E-state index < -0.39 is 15.9 Å². The zero-order valence-corrected chi connectivity index (χ0v) is 19.6. The highest BCUT2D eigenvalue weighted by Gasteiger charge is 2.18. The van der Waals surface area contributed by atoms with Gasteiger partial charge in [-0.15, -0.1) is 0 Å². The molecule has 10 heteroatoms. The van der Waals surface area contributed by atoms with Gasteiger partial charge in [0.15, 0.2) is 6.61 Å². The predicted molar refractivity (Wildman–Crippen MR) is 125 cm³/mol. The summed E-state index contributed by atoms with van der Waals surface area (Å²) in [4.78, 5) is 25.0. The molecule has 0 bridgehead atoms. The number of carbonyl (C=O) groups excluding carboxylic acids is 2. The number of para-hydroxylation sites is 1. The van der Waals surface area contributed by atoms with Crippen LogP contribution in [-0.2, 0) is 26.1 Å². The van der Waals surface area contributed by atoms with Crippen molar-refractivity contribution < 1.29 is 27.5 Å². The minimum absolute atomic E-state index is 0.0299. The number of ether oxygens (including phenoxy) is 2. The van der Waals surface area contributed by atoms with Gasteiger partial charge in [0.05, 0.1) is 23.6 Å². The summed E-state index contributed by atoms with van der Waals surface area (Å²) < 4.78 is 35.3. The summed E-state index contributed by atoms with van der Waals surface area (Å²) in [7, 11) is -1.76. The van der Waals surface area contributed by atoms with E-state index in [1.807, 2.05) is 0 Å². The third kappa shape index (κ3) is 7.55. The van der Waals surface area contributed by atoms with E-state index in [-0.39, 0.29) is 25.2 Å². The molecule has 0 aromatic heterocycles. The average Bonchev–Trinajstić information content (AvgIpc) is 3.30. The van der Waals surface area contributed by atoms with Crippen molar-refractivity contribution >= 4 is 27.5 Å². The molecule has 9 nitrogen and oxygen atoms in total. The number of sulfonamides is 1. The number of nitrogens with zero attached hydrogens (tertiary/aromatic N) is 1. The SMILES string of the molecule is CN(Cc1ccc(OCC(=O)Nc2ccccc2C(=O)NC[C@H]2CCCO2)cc1)S(C)(=O)=O. The summed E-state index contributed by atoms with van der Waals surface area (Å²) in [5, 5.41) is 5.57. The van der Waals surface area contributed by atoms with Crippen molar-refractivity contribution in [3.63, 3.8) is 0 Å². The molecule has 1 heterocycles. The minimum Gasteiger partial charge on any atom is -0.484 e. The van der Waals surface area contributed by atoms with Gasteiger partial charge in [-0.3, -0.25) is 9.59 Å². The molecule has 1 atom stereocenters. The molecule has 0 unspecified atom stereocenters. The van der Waals surface area contributed by atoms with E-state index >= 15 is 0 Å². The lowest BCUT2D eigenvalue weighted by atomic mass is 10.1. The molecule has 0 aliphatic carbocycles. The van der Waals surface area contributed by atoms with Crippen molar-refractivity contribution in [2.45, 2.75) is 25.5 Å². The average molecular weight is 476 g/mol. The van der Waals surface area contributed by atoms with Gasteiger partial charge in [0.1, 0.15) is 5.75 Å². The number of carbonyl (C=O) groups is 2. The number of hydrogen-bond acceptors (Lipinski definition) is 6. The van der Waals surface area contributed by atoms with Crippen LogP contribution in [0.4, 0.5) is 5.69 Å². The minimum atomic E-state index is -3.27. The highest BCUT2D eigenvalue weighted by Crippen LogP contribution is 2.17. The van der Waals surface area contributed by atoms with E-state index in [1.165, 1.54) is 11.4 Å². The molecule has 2 aromatic carbocycles. The Labute approximate surface area is 194 Å². The van der Waals surface area contributed by atoms with Crippen LogP contribution >= 0.6 is 0 Å². The maximum absolute atomic E-state index is 12.6. The largest absolute Gasteiger partial charge is 0.484 e. The van der Waals surface area contributed by atoms with Crippen molar-refractivity contribution in [2.24, 2.45) is 0 Å². The zero-order valence-electron chi connectivity index (χ0n) is 18.7. The zero-order chi connectivity index (χ0) is 23.8. The van der Waals surface area contributed by atoms with Crippen LogP contribution in [-0.4, -0.2) is 63.7 Å². The standard InChI is InChI=1S/C23H29N3O6S/c1-26(33(2,29)30)15-17-9-11-18(12-10-17)32-16-22(27)25-21-8-4-3-7-20(21)23(28)24-14-19-6-5-13-31-19/h3-4,7-12,19H,5-6,13-16H2,1-2H3,(H,24,28)(H,25,27)/t19-/m1/s1. The Morgan fingerprint density at radius 1 is 1.15 bits per heavy atom. The first-order valence-electron chi connectivity index (χ1n) is 10.6. The molecule has 0 spiro atoms. The third-order valence-corrected chi connectivity index (χ3v) is 6.49. The van der Waals surface area contributed by atoms with E-state index in [4.69, 9.17) is 9.47 Å². The third-order valence-electron chi connectivity index (χ3n) is 5.22. The van der Waals surface area contributed by atoms with Gasteiger partial charge in [-0.25, -0.2) is 12.7 Å². The maximum Gasteiger partial charge on any atom is 0.262 e. The molecule has 3 rings (SSSR count). The van der Waals surface area contributed by atoms with Crippen LogP contribution in [0.2, 0.25) is 0 Å². The Hall–Kier alpha value is -2.95. The van der Waals surface area contributed by atoms with Crippen molar-refractivity contribution in [3.8, 4) is 5.75 Å². The molecule has 33 heavy (non-hydrogen) atoms. The molecular weight excluding hydrogens is 446 g/mol. The lowest BCUT2D eigenvalue weighted by molar-refractivity contribution is -0.118. The van der Waals surface area contributed by atoms with Crippen LogP contribution in [0.1, 0.15) is 28.8 Å². The number of amides is 2. The molecule has 2 amide bonds. The summed E-state index contributed by atoms with van der Waals surface area (Å²) in [6.45, 7) is 1.15. The summed E-state index contributed by atoms with van der Waals surface area (Å²) >= 11 is 0. The van der Waals surface area contributed by atoms with Gasteiger partial charge in [0.2, 0.25) is 10.0 Å². The van der Waals surface area contributed by atoms with E-state index in [2.05, 4.69) is 10.6 Å². The number of rotatable bonds is 10. The van der Waals surface area contributed by atoms with E-state index in [1.54, 1.807) is 48.5 Å². The first-order valence-corrected chi connectivity index (χ1v) is 12.5. The molecule has 0 saturated carbocycles. The number of nitrogens with one attached hydrogen (secondary N) is 2. The van der Waals surface area contributed by atoms with Crippen LogP contribution in [0.3, 0.4) is 0 Å². The fourth-order valence-electron chi connectivity index (χ4n) is 3.30. The normalized spacial score (nSPS) is 15.9. The molecule has 1 fully saturated rings.